The van der Waals surface area contributed by atoms with E-state index in [1.54, 1.807) is 0 Å². The van der Waals surface area contributed by atoms with Crippen LogP contribution >= 0.6 is 0 Å². The standard InChI is InChI=1S/C16H13F9N4O.C5H12/c1-28(8-3-4-9(17)7(5-8)6-26)13(30)11-10(15(20,21)22)12(27-29(11)2)14(18,19)16(23,24)25;1-4-5(2)3/h3-5H,6,26H2,1-2H3;5H,4H2,1-3H3. The van der Waals surface area contributed by atoms with Crippen LogP contribution in [-0.4, -0.2) is 28.9 Å². The second-order valence-electron chi connectivity index (χ2n) is 7.91. The predicted octanol–water partition coefficient (Wildman–Crippen LogP) is 6.02. The van der Waals surface area contributed by atoms with E-state index in [9.17, 15) is 44.3 Å². The Kier molecular flexibility index (Phi) is 9.40. The number of carbonyl (C=O) groups is 1. The van der Waals surface area contributed by atoms with Crippen molar-refractivity contribution in [1.82, 2.24) is 9.78 Å². The van der Waals surface area contributed by atoms with Crippen LogP contribution in [0.25, 0.3) is 0 Å². The minimum atomic E-state index is -6.39. The maximum absolute atomic E-state index is 13.7. The highest BCUT2D eigenvalue weighted by Gasteiger charge is 2.64. The third-order valence-corrected chi connectivity index (χ3v) is 4.94. The number of rotatable bonds is 5. The summed E-state index contributed by atoms with van der Waals surface area (Å²) < 4.78 is 119. The number of aromatic nitrogens is 2. The molecule has 1 aromatic heterocycles. The van der Waals surface area contributed by atoms with Crippen LogP contribution in [0.5, 0.6) is 0 Å². The molecular weight excluding hydrogens is 495 g/mol. The molecule has 2 rings (SSSR count). The van der Waals surface area contributed by atoms with Gasteiger partial charge < -0.3 is 10.6 Å². The van der Waals surface area contributed by atoms with Crippen molar-refractivity contribution in [2.45, 2.75) is 52.0 Å². The largest absolute Gasteiger partial charge is 0.459 e. The molecule has 0 aliphatic heterocycles. The Labute approximate surface area is 195 Å². The van der Waals surface area contributed by atoms with Crippen molar-refractivity contribution in [2.75, 3.05) is 11.9 Å². The average Bonchev–Trinajstić information content (AvgIpc) is 3.11. The van der Waals surface area contributed by atoms with E-state index in [0.29, 0.717) is 11.9 Å². The van der Waals surface area contributed by atoms with Crippen molar-refractivity contribution in [1.29, 1.82) is 0 Å². The molecule has 198 valence electrons. The van der Waals surface area contributed by atoms with E-state index in [2.05, 4.69) is 25.9 Å². The molecule has 0 saturated carbocycles. The lowest BCUT2D eigenvalue weighted by Gasteiger charge is -2.21. The van der Waals surface area contributed by atoms with Gasteiger partial charge in [-0.05, 0) is 24.1 Å². The lowest BCUT2D eigenvalue weighted by Crippen LogP contribution is -2.36. The molecule has 0 atom stereocenters. The number of carbonyl (C=O) groups excluding carboxylic acids is 1. The summed E-state index contributed by atoms with van der Waals surface area (Å²) >= 11 is 0. The van der Waals surface area contributed by atoms with E-state index in [-0.39, 0.29) is 22.5 Å². The van der Waals surface area contributed by atoms with Gasteiger partial charge in [0.1, 0.15) is 17.1 Å². The molecule has 0 radical (unpaired) electrons. The van der Waals surface area contributed by atoms with Gasteiger partial charge in [0.05, 0.1) is 0 Å². The van der Waals surface area contributed by atoms with Crippen molar-refractivity contribution < 1.29 is 44.3 Å². The first-order valence-electron chi connectivity index (χ1n) is 10.2. The zero-order chi connectivity index (χ0) is 27.5. The fraction of sp³-hybridized carbons (Fsp3) is 0.524. The van der Waals surface area contributed by atoms with Crippen LogP contribution in [0.3, 0.4) is 0 Å². The fourth-order valence-corrected chi connectivity index (χ4v) is 2.59. The molecule has 1 amide bonds. The summed E-state index contributed by atoms with van der Waals surface area (Å²) in [5.74, 6) is -7.47. The zero-order valence-electron chi connectivity index (χ0n) is 19.5. The molecule has 0 fully saturated rings. The Morgan fingerprint density at radius 3 is 2.03 bits per heavy atom. The number of halogens is 9. The van der Waals surface area contributed by atoms with Crippen LogP contribution in [0.4, 0.5) is 45.2 Å². The molecule has 1 heterocycles. The lowest BCUT2D eigenvalue weighted by atomic mass is 10.1. The van der Waals surface area contributed by atoms with Gasteiger partial charge in [-0.3, -0.25) is 9.48 Å². The van der Waals surface area contributed by atoms with Gasteiger partial charge in [-0.1, -0.05) is 27.2 Å². The minimum absolute atomic E-state index is 0.00991. The van der Waals surface area contributed by atoms with Crippen molar-refractivity contribution in [3.63, 3.8) is 0 Å². The van der Waals surface area contributed by atoms with Gasteiger partial charge in [0.2, 0.25) is 0 Å². The minimum Gasteiger partial charge on any atom is -0.326 e. The van der Waals surface area contributed by atoms with E-state index in [1.807, 2.05) is 0 Å². The van der Waals surface area contributed by atoms with Crippen molar-refractivity contribution >= 4 is 11.6 Å². The number of nitrogens with zero attached hydrogens (tertiary/aromatic N) is 3. The predicted molar refractivity (Wildman–Crippen MR) is 110 cm³/mol. The molecule has 0 spiro atoms. The Morgan fingerprint density at radius 2 is 1.63 bits per heavy atom. The van der Waals surface area contributed by atoms with Crippen LogP contribution in [0.2, 0.25) is 0 Å². The third-order valence-electron chi connectivity index (χ3n) is 4.94. The van der Waals surface area contributed by atoms with E-state index in [0.717, 1.165) is 31.2 Å². The summed E-state index contributed by atoms with van der Waals surface area (Å²) in [4.78, 5) is 13.1. The van der Waals surface area contributed by atoms with E-state index in [4.69, 9.17) is 5.73 Å². The second-order valence-corrected chi connectivity index (χ2v) is 7.91. The zero-order valence-corrected chi connectivity index (χ0v) is 19.5. The van der Waals surface area contributed by atoms with Crippen molar-refractivity contribution in [3.8, 4) is 0 Å². The summed E-state index contributed by atoms with van der Waals surface area (Å²) in [6.07, 6.45) is -10.9. The van der Waals surface area contributed by atoms with Gasteiger partial charge in [-0.15, -0.1) is 0 Å². The summed E-state index contributed by atoms with van der Waals surface area (Å²) in [7, 11) is 1.53. The molecule has 0 unspecified atom stereocenters. The number of alkyl halides is 8. The fourth-order valence-electron chi connectivity index (χ4n) is 2.59. The maximum atomic E-state index is 13.7. The van der Waals surface area contributed by atoms with Gasteiger partial charge >= 0.3 is 18.3 Å². The molecule has 0 aliphatic carbocycles. The first-order valence-corrected chi connectivity index (χ1v) is 10.2. The van der Waals surface area contributed by atoms with Gasteiger partial charge in [0.25, 0.3) is 5.91 Å². The molecule has 0 saturated heterocycles. The van der Waals surface area contributed by atoms with Crippen LogP contribution in [0, 0.1) is 11.7 Å². The highest BCUT2D eigenvalue weighted by molar-refractivity contribution is 6.06. The molecule has 35 heavy (non-hydrogen) atoms. The Morgan fingerprint density at radius 1 is 1.11 bits per heavy atom. The highest BCUT2D eigenvalue weighted by Crippen LogP contribution is 2.48. The Balaban J connectivity index is 0.00000111. The summed E-state index contributed by atoms with van der Waals surface area (Å²) in [6, 6.07) is 2.86. The second kappa shape index (κ2) is 10.9. The first-order chi connectivity index (χ1) is 15.8. The number of hydrogen-bond acceptors (Lipinski definition) is 3. The van der Waals surface area contributed by atoms with Crippen molar-refractivity contribution in [3.05, 3.63) is 46.5 Å². The SMILES string of the molecule is CCC(C)C.CN(C(=O)c1c(C(F)(F)F)c(C(F)(F)C(F)(F)F)nn1C)c1ccc(F)c(CN)c1. The van der Waals surface area contributed by atoms with E-state index >= 15 is 0 Å². The Hall–Kier alpha value is -2.77. The molecule has 2 N–H and O–H groups in total. The topological polar surface area (TPSA) is 64.2 Å². The summed E-state index contributed by atoms with van der Waals surface area (Å²) in [5, 5.41) is 2.66. The number of amides is 1. The van der Waals surface area contributed by atoms with Gasteiger partial charge in [0, 0.05) is 31.9 Å². The van der Waals surface area contributed by atoms with E-state index in [1.165, 1.54) is 6.42 Å². The number of hydrogen-bond donors (Lipinski definition) is 1. The van der Waals surface area contributed by atoms with Gasteiger partial charge in [0.15, 0.2) is 5.69 Å². The maximum Gasteiger partial charge on any atom is 0.459 e. The monoisotopic (exact) mass is 520 g/mol. The molecule has 0 bridgehead atoms. The number of nitrogens with two attached hydrogens (primary N) is 1. The van der Waals surface area contributed by atoms with Crippen LogP contribution < -0.4 is 10.6 Å². The Bertz CT molecular complexity index is 1030. The summed E-state index contributed by atoms with van der Waals surface area (Å²) in [6.45, 7) is 6.31. The number of aryl methyl sites for hydroxylation is 1. The highest BCUT2D eigenvalue weighted by atomic mass is 19.4. The number of benzene rings is 1. The lowest BCUT2D eigenvalue weighted by molar-refractivity contribution is -0.292. The first kappa shape index (κ1) is 30.3. The number of anilines is 1. The van der Waals surface area contributed by atoms with Crippen LogP contribution in [-0.2, 0) is 25.7 Å². The van der Waals surface area contributed by atoms with Gasteiger partial charge in [-0.25, -0.2) is 4.39 Å². The molecule has 14 heteroatoms. The molecule has 5 nitrogen and oxygen atoms in total. The molecule has 2 aromatic rings. The van der Waals surface area contributed by atoms with Gasteiger partial charge in [-0.2, -0.15) is 40.2 Å². The van der Waals surface area contributed by atoms with Crippen molar-refractivity contribution in [2.24, 2.45) is 18.7 Å². The smallest absolute Gasteiger partial charge is 0.326 e. The van der Waals surface area contributed by atoms with Crippen LogP contribution in [0.1, 0.15) is 54.5 Å². The summed E-state index contributed by atoms with van der Waals surface area (Å²) in [5.41, 5.74) is -1.71. The van der Waals surface area contributed by atoms with Crippen LogP contribution in [0.15, 0.2) is 18.2 Å². The normalized spacial score (nSPS) is 12.5. The average molecular weight is 520 g/mol. The quantitative estimate of drug-likeness (QED) is 0.491. The third kappa shape index (κ3) is 6.67. The molecule has 1 aromatic carbocycles. The van der Waals surface area contributed by atoms with E-state index < -0.39 is 47.0 Å². The molecular formula is C21H25F9N4O. The molecule has 0 aliphatic rings.